The molecule has 0 aromatic heterocycles. The van der Waals surface area contributed by atoms with Crippen molar-refractivity contribution in [3.8, 4) is 0 Å². The fraction of sp³-hybridized carbons (Fsp3) is 0.333. The van der Waals surface area contributed by atoms with E-state index in [2.05, 4.69) is 17.9 Å². The maximum Gasteiger partial charge on any atom is 0.123 e. The van der Waals surface area contributed by atoms with E-state index in [0.29, 0.717) is 6.04 Å². The lowest BCUT2D eigenvalue weighted by Gasteiger charge is -2.34. The van der Waals surface area contributed by atoms with Crippen LogP contribution in [-0.4, -0.2) is 17.5 Å². The van der Waals surface area contributed by atoms with E-state index in [0.717, 1.165) is 37.2 Å². The minimum Gasteiger partial charge on any atom is -0.398 e. The molecule has 0 aliphatic carbocycles. The van der Waals surface area contributed by atoms with Gasteiger partial charge in [0.1, 0.15) is 5.82 Å². The predicted molar refractivity (Wildman–Crippen MR) is 84.5 cm³/mol. The first-order valence-corrected chi connectivity index (χ1v) is 7.48. The van der Waals surface area contributed by atoms with Crippen molar-refractivity contribution >= 4 is 5.69 Å². The molecule has 2 aromatic rings. The molecular weight excluding hydrogens is 263 g/mol. The molecule has 0 saturated heterocycles. The highest BCUT2D eigenvalue weighted by Crippen LogP contribution is 2.26. The lowest BCUT2D eigenvalue weighted by molar-refractivity contribution is 0.190. The molecule has 0 radical (unpaired) electrons. The van der Waals surface area contributed by atoms with Gasteiger partial charge in [-0.2, -0.15) is 0 Å². The van der Waals surface area contributed by atoms with E-state index in [9.17, 15) is 4.39 Å². The second-order valence-electron chi connectivity index (χ2n) is 5.89. The minimum atomic E-state index is -0.156. The number of benzene rings is 2. The zero-order valence-corrected chi connectivity index (χ0v) is 12.3. The van der Waals surface area contributed by atoms with Crippen molar-refractivity contribution < 1.29 is 4.39 Å². The third-order valence-corrected chi connectivity index (χ3v) is 4.38. The standard InChI is InChI=1S/C18H21FN2/c1-13(10-14-4-2-6-16(19)11-14)21-9-8-17-15(12-21)5-3-7-18(17)20/h2-7,11,13H,8-10,12,20H2,1H3. The number of fused-ring (bicyclic) bond motifs is 1. The Bertz CT molecular complexity index is 639. The Balaban J connectivity index is 1.71. The van der Waals surface area contributed by atoms with Gasteiger partial charge in [0.25, 0.3) is 0 Å². The molecule has 1 aliphatic rings. The molecule has 0 bridgehead atoms. The first kappa shape index (κ1) is 14.1. The number of nitrogens with zero attached hydrogens (tertiary/aromatic N) is 1. The average Bonchev–Trinajstić information content (AvgIpc) is 2.47. The lowest BCUT2D eigenvalue weighted by atomic mass is 9.96. The van der Waals surface area contributed by atoms with E-state index < -0.39 is 0 Å². The molecule has 1 aliphatic heterocycles. The molecule has 21 heavy (non-hydrogen) atoms. The third-order valence-electron chi connectivity index (χ3n) is 4.38. The summed E-state index contributed by atoms with van der Waals surface area (Å²) in [4.78, 5) is 2.45. The minimum absolute atomic E-state index is 0.156. The van der Waals surface area contributed by atoms with Crippen LogP contribution in [0.5, 0.6) is 0 Å². The first-order valence-electron chi connectivity index (χ1n) is 7.48. The van der Waals surface area contributed by atoms with Gasteiger partial charge < -0.3 is 5.73 Å². The Hall–Kier alpha value is -1.87. The zero-order valence-electron chi connectivity index (χ0n) is 12.3. The summed E-state index contributed by atoms with van der Waals surface area (Å²) in [6.07, 6.45) is 1.87. The maximum atomic E-state index is 13.3. The lowest BCUT2D eigenvalue weighted by Crippen LogP contribution is -2.39. The van der Waals surface area contributed by atoms with E-state index in [1.54, 1.807) is 12.1 Å². The van der Waals surface area contributed by atoms with Crippen molar-refractivity contribution in [3.05, 3.63) is 65.0 Å². The maximum absolute atomic E-state index is 13.3. The van der Waals surface area contributed by atoms with E-state index in [-0.39, 0.29) is 5.82 Å². The van der Waals surface area contributed by atoms with Crippen molar-refractivity contribution in [2.45, 2.75) is 32.4 Å². The molecule has 3 rings (SSSR count). The van der Waals surface area contributed by atoms with E-state index in [4.69, 9.17) is 5.73 Å². The second kappa shape index (κ2) is 5.86. The van der Waals surface area contributed by atoms with Gasteiger partial charge in [-0.25, -0.2) is 4.39 Å². The SMILES string of the molecule is CC(Cc1cccc(F)c1)N1CCc2c(N)cccc2C1. The Morgan fingerprint density at radius 2 is 2.05 bits per heavy atom. The van der Waals surface area contributed by atoms with Gasteiger partial charge in [0.2, 0.25) is 0 Å². The second-order valence-corrected chi connectivity index (χ2v) is 5.89. The molecule has 110 valence electrons. The van der Waals surface area contributed by atoms with Crippen LogP contribution >= 0.6 is 0 Å². The zero-order chi connectivity index (χ0) is 14.8. The third kappa shape index (κ3) is 3.08. The Labute approximate surface area is 125 Å². The van der Waals surface area contributed by atoms with E-state index >= 15 is 0 Å². The summed E-state index contributed by atoms with van der Waals surface area (Å²) in [7, 11) is 0. The molecule has 0 saturated carbocycles. The van der Waals surface area contributed by atoms with Crippen LogP contribution in [0.3, 0.4) is 0 Å². The van der Waals surface area contributed by atoms with Crippen LogP contribution in [0.1, 0.15) is 23.6 Å². The van der Waals surface area contributed by atoms with Gasteiger partial charge in [-0.15, -0.1) is 0 Å². The number of rotatable bonds is 3. The fourth-order valence-electron chi connectivity index (χ4n) is 3.17. The summed E-state index contributed by atoms with van der Waals surface area (Å²) in [5.41, 5.74) is 10.6. The van der Waals surface area contributed by atoms with Crippen molar-refractivity contribution in [3.63, 3.8) is 0 Å². The van der Waals surface area contributed by atoms with Gasteiger partial charge in [0.05, 0.1) is 0 Å². The topological polar surface area (TPSA) is 29.3 Å². The number of nitrogens with two attached hydrogens (primary N) is 1. The van der Waals surface area contributed by atoms with Gasteiger partial charge in [-0.3, -0.25) is 4.90 Å². The molecule has 1 heterocycles. The molecule has 1 atom stereocenters. The van der Waals surface area contributed by atoms with Crippen LogP contribution in [0.4, 0.5) is 10.1 Å². The van der Waals surface area contributed by atoms with Crippen LogP contribution in [0.15, 0.2) is 42.5 Å². The Morgan fingerprint density at radius 3 is 2.86 bits per heavy atom. The van der Waals surface area contributed by atoms with Gasteiger partial charge in [0.15, 0.2) is 0 Å². The van der Waals surface area contributed by atoms with Crippen molar-refractivity contribution in [1.29, 1.82) is 0 Å². The fourth-order valence-corrected chi connectivity index (χ4v) is 3.17. The molecule has 0 amide bonds. The Kier molecular flexibility index (Phi) is 3.93. The first-order chi connectivity index (χ1) is 10.1. The van der Waals surface area contributed by atoms with Crippen LogP contribution in [0, 0.1) is 5.82 Å². The highest BCUT2D eigenvalue weighted by molar-refractivity contribution is 5.51. The number of halogens is 1. The molecule has 2 N–H and O–H groups in total. The highest BCUT2D eigenvalue weighted by atomic mass is 19.1. The van der Waals surface area contributed by atoms with Crippen LogP contribution in [0.2, 0.25) is 0 Å². The number of nitrogen functional groups attached to an aromatic ring is 1. The smallest absolute Gasteiger partial charge is 0.123 e. The molecule has 0 fully saturated rings. The summed E-state index contributed by atoms with van der Waals surface area (Å²) in [5.74, 6) is -0.156. The van der Waals surface area contributed by atoms with Crippen molar-refractivity contribution in [2.24, 2.45) is 0 Å². The summed E-state index contributed by atoms with van der Waals surface area (Å²) >= 11 is 0. The predicted octanol–water partition coefficient (Wildman–Crippen LogP) is 3.40. The monoisotopic (exact) mass is 284 g/mol. The van der Waals surface area contributed by atoms with Crippen LogP contribution in [0.25, 0.3) is 0 Å². The van der Waals surface area contributed by atoms with E-state index in [1.807, 2.05) is 18.2 Å². The Morgan fingerprint density at radius 1 is 1.24 bits per heavy atom. The van der Waals surface area contributed by atoms with Crippen LogP contribution < -0.4 is 5.73 Å². The normalized spacial score (nSPS) is 16.5. The largest absolute Gasteiger partial charge is 0.398 e. The summed E-state index contributed by atoms with van der Waals surface area (Å²) in [6, 6.07) is 13.5. The number of hydrogen-bond donors (Lipinski definition) is 1. The average molecular weight is 284 g/mol. The molecule has 3 heteroatoms. The van der Waals surface area contributed by atoms with Crippen molar-refractivity contribution in [1.82, 2.24) is 4.90 Å². The summed E-state index contributed by atoms with van der Waals surface area (Å²) < 4.78 is 13.3. The van der Waals surface area contributed by atoms with Gasteiger partial charge in [-0.1, -0.05) is 24.3 Å². The molecule has 2 nitrogen and oxygen atoms in total. The molecule has 2 aromatic carbocycles. The summed E-state index contributed by atoms with van der Waals surface area (Å²) in [5, 5.41) is 0. The quantitative estimate of drug-likeness (QED) is 0.875. The van der Waals surface area contributed by atoms with E-state index in [1.165, 1.54) is 17.2 Å². The van der Waals surface area contributed by atoms with Gasteiger partial charge in [-0.05, 0) is 54.7 Å². The summed E-state index contributed by atoms with van der Waals surface area (Å²) in [6.45, 7) is 4.15. The van der Waals surface area contributed by atoms with Crippen molar-refractivity contribution in [2.75, 3.05) is 12.3 Å². The van der Waals surface area contributed by atoms with Gasteiger partial charge in [0, 0.05) is 24.8 Å². The van der Waals surface area contributed by atoms with Gasteiger partial charge >= 0.3 is 0 Å². The highest BCUT2D eigenvalue weighted by Gasteiger charge is 2.21. The molecule has 0 spiro atoms. The molecule has 1 unspecified atom stereocenters. The van der Waals surface area contributed by atoms with Crippen LogP contribution in [-0.2, 0) is 19.4 Å². The molecular formula is C18H21FN2. The number of anilines is 1. The number of hydrogen-bond acceptors (Lipinski definition) is 2.